The van der Waals surface area contributed by atoms with Crippen LogP contribution >= 0.6 is 0 Å². The van der Waals surface area contributed by atoms with Gasteiger partial charge in [-0.05, 0) is 12.1 Å². The van der Waals surface area contributed by atoms with Crippen molar-refractivity contribution in [3.8, 4) is 12.1 Å². The average molecular weight is 216 g/mol. The lowest BCUT2D eigenvalue weighted by molar-refractivity contribution is 0.0651. The molecule has 1 rings (SSSR count). The van der Waals surface area contributed by atoms with Crippen LogP contribution in [0.15, 0.2) is 12.1 Å². The molecule has 1 aromatic rings. The van der Waals surface area contributed by atoms with Gasteiger partial charge in [0.15, 0.2) is 0 Å². The Balaban J connectivity index is 3.64. The van der Waals surface area contributed by atoms with Crippen molar-refractivity contribution in [2.75, 3.05) is 0 Å². The summed E-state index contributed by atoms with van der Waals surface area (Å²) in [6, 6.07) is 5.02. The molecule has 0 aliphatic rings. The summed E-state index contributed by atoms with van der Waals surface area (Å²) in [6.45, 7) is 0. The zero-order valence-electron chi connectivity index (χ0n) is 7.76. The molecule has 0 saturated carbocycles. The summed E-state index contributed by atoms with van der Waals surface area (Å²) in [7, 11) is 0. The predicted octanol–water partition coefficient (Wildman–Crippen LogP) is 0.826. The monoisotopic (exact) mass is 216 g/mol. The smallest absolute Gasteiger partial charge is 0.336 e. The number of aromatic carboxylic acids is 2. The Kier molecular flexibility index (Phi) is 2.88. The summed E-state index contributed by atoms with van der Waals surface area (Å²) >= 11 is 0. The van der Waals surface area contributed by atoms with Crippen LogP contribution in [-0.2, 0) is 0 Å². The molecular formula is C10H4N2O4. The summed E-state index contributed by atoms with van der Waals surface area (Å²) < 4.78 is 0. The van der Waals surface area contributed by atoms with Gasteiger partial charge in [-0.15, -0.1) is 0 Å². The predicted molar refractivity (Wildman–Crippen MR) is 49.8 cm³/mol. The first kappa shape index (κ1) is 11.2. The van der Waals surface area contributed by atoms with Crippen LogP contribution in [0.1, 0.15) is 31.8 Å². The first-order valence-corrected chi connectivity index (χ1v) is 3.96. The molecule has 6 heteroatoms. The standard InChI is InChI=1S/C10H4N2O4/c11-3-5-1-7(9(13)14)8(10(15)16)2-6(5)4-12/h1-2H,(H,13,14)(H,15,16). The molecule has 0 heterocycles. The normalized spacial score (nSPS) is 8.88. The summed E-state index contributed by atoms with van der Waals surface area (Å²) in [5.74, 6) is -2.92. The second-order valence-electron chi connectivity index (χ2n) is 2.78. The van der Waals surface area contributed by atoms with Gasteiger partial charge in [-0.25, -0.2) is 9.59 Å². The van der Waals surface area contributed by atoms with Gasteiger partial charge in [-0.1, -0.05) is 0 Å². The first-order valence-electron chi connectivity index (χ1n) is 3.96. The van der Waals surface area contributed by atoms with Crippen LogP contribution in [0.25, 0.3) is 0 Å². The molecule has 6 nitrogen and oxygen atoms in total. The van der Waals surface area contributed by atoms with Crippen LogP contribution in [0.5, 0.6) is 0 Å². The minimum absolute atomic E-state index is 0.162. The van der Waals surface area contributed by atoms with Gasteiger partial charge in [-0.2, -0.15) is 10.5 Å². The Morgan fingerprint density at radius 1 is 0.938 bits per heavy atom. The van der Waals surface area contributed by atoms with Gasteiger partial charge in [-0.3, -0.25) is 0 Å². The van der Waals surface area contributed by atoms with Crippen LogP contribution in [0, 0.1) is 22.7 Å². The molecule has 0 unspecified atom stereocenters. The van der Waals surface area contributed by atoms with Crippen LogP contribution in [0.2, 0.25) is 0 Å². The number of rotatable bonds is 2. The van der Waals surface area contributed by atoms with Gasteiger partial charge in [0.05, 0.1) is 22.3 Å². The molecule has 16 heavy (non-hydrogen) atoms. The molecule has 0 fully saturated rings. The molecule has 1 aromatic carbocycles. The third-order valence-corrected chi connectivity index (χ3v) is 1.86. The van der Waals surface area contributed by atoms with Crippen molar-refractivity contribution >= 4 is 11.9 Å². The van der Waals surface area contributed by atoms with Crippen molar-refractivity contribution < 1.29 is 19.8 Å². The fourth-order valence-electron chi connectivity index (χ4n) is 1.14. The molecular weight excluding hydrogens is 212 g/mol. The highest BCUT2D eigenvalue weighted by molar-refractivity contribution is 6.02. The third-order valence-electron chi connectivity index (χ3n) is 1.86. The SMILES string of the molecule is N#Cc1cc(C(=O)O)c(C(=O)O)cc1C#N. The van der Waals surface area contributed by atoms with Crippen LogP contribution in [-0.4, -0.2) is 22.2 Å². The molecule has 0 atom stereocenters. The van der Waals surface area contributed by atoms with Crippen molar-refractivity contribution in [1.29, 1.82) is 10.5 Å². The van der Waals surface area contributed by atoms with E-state index >= 15 is 0 Å². The molecule has 0 radical (unpaired) electrons. The number of hydrogen-bond acceptors (Lipinski definition) is 4. The molecule has 78 valence electrons. The van der Waals surface area contributed by atoms with Crippen molar-refractivity contribution in [2.24, 2.45) is 0 Å². The Bertz CT molecular complexity index is 512. The molecule has 0 amide bonds. The number of hydrogen-bond donors (Lipinski definition) is 2. The topological polar surface area (TPSA) is 122 Å². The highest BCUT2D eigenvalue weighted by Crippen LogP contribution is 2.16. The number of carboxylic acids is 2. The zero-order valence-corrected chi connectivity index (χ0v) is 7.76. The highest BCUT2D eigenvalue weighted by Gasteiger charge is 2.19. The summed E-state index contributed by atoms with van der Waals surface area (Å²) in [4.78, 5) is 21.5. The van der Waals surface area contributed by atoms with Gasteiger partial charge < -0.3 is 10.2 Å². The maximum atomic E-state index is 10.7. The molecule has 0 saturated heterocycles. The van der Waals surface area contributed by atoms with Gasteiger partial charge in [0.2, 0.25) is 0 Å². The van der Waals surface area contributed by atoms with Crippen LogP contribution in [0.3, 0.4) is 0 Å². The Morgan fingerprint density at radius 2 is 1.25 bits per heavy atom. The Morgan fingerprint density at radius 3 is 1.44 bits per heavy atom. The lowest BCUT2D eigenvalue weighted by atomic mass is 9.99. The highest BCUT2D eigenvalue weighted by atomic mass is 16.4. The van der Waals surface area contributed by atoms with E-state index in [1.807, 2.05) is 0 Å². The van der Waals surface area contributed by atoms with E-state index in [9.17, 15) is 9.59 Å². The molecule has 0 aliphatic carbocycles. The van der Waals surface area contributed by atoms with E-state index in [1.165, 1.54) is 0 Å². The van der Waals surface area contributed by atoms with Crippen LogP contribution < -0.4 is 0 Å². The fraction of sp³-hybridized carbons (Fsp3) is 0. The van der Waals surface area contributed by atoms with Crippen molar-refractivity contribution in [2.45, 2.75) is 0 Å². The lowest BCUT2D eigenvalue weighted by Gasteiger charge is -2.03. The number of carbonyl (C=O) groups is 2. The molecule has 2 N–H and O–H groups in total. The fourth-order valence-corrected chi connectivity index (χ4v) is 1.14. The van der Waals surface area contributed by atoms with Crippen LogP contribution in [0.4, 0.5) is 0 Å². The largest absolute Gasteiger partial charge is 0.478 e. The lowest BCUT2D eigenvalue weighted by Crippen LogP contribution is -2.09. The van der Waals surface area contributed by atoms with Crippen molar-refractivity contribution in [3.05, 3.63) is 34.4 Å². The van der Waals surface area contributed by atoms with E-state index < -0.39 is 23.1 Å². The molecule has 0 aromatic heterocycles. The second-order valence-corrected chi connectivity index (χ2v) is 2.78. The van der Waals surface area contributed by atoms with E-state index in [-0.39, 0.29) is 11.1 Å². The zero-order chi connectivity index (χ0) is 12.3. The third kappa shape index (κ3) is 1.81. The van der Waals surface area contributed by atoms with E-state index in [0.29, 0.717) is 0 Å². The summed E-state index contributed by atoms with van der Waals surface area (Å²) in [5.41, 5.74) is -1.35. The van der Waals surface area contributed by atoms with Gasteiger partial charge >= 0.3 is 11.9 Å². The maximum absolute atomic E-state index is 10.7. The minimum Gasteiger partial charge on any atom is -0.478 e. The quantitative estimate of drug-likeness (QED) is 0.754. The number of benzene rings is 1. The van der Waals surface area contributed by atoms with E-state index in [4.69, 9.17) is 20.7 Å². The number of carboxylic acid groups (broad SMARTS) is 2. The second kappa shape index (κ2) is 4.11. The number of nitrogens with zero attached hydrogens (tertiary/aromatic N) is 2. The minimum atomic E-state index is -1.46. The average Bonchev–Trinajstić information content (AvgIpc) is 2.26. The molecule has 0 aliphatic heterocycles. The van der Waals surface area contributed by atoms with Crippen molar-refractivity contribution in [3.63, 3.8) is 0 Å². The summed E-state index contributed by atoms with van der Waals surface area (Å²) in [5, 5.41) is 34.8. The van der Waals surface area contributed by atoms with Gasteiger partial charge in [0.25, 0.3) is 0 Å². The Hall–Kier alpha value is -2.86. The van der Waals surface area contributed by atoms with E-state index in [1.54, 1.807) is 12.1 Å². The molecule has 0 bridgehead atoms. The molecule has 0 spiro atoms. The van der Waals surface area contributed by atoms with E-state index in [2.05, 4.69) is 0 Å². The summed E-state index contributed by atoms with van der Waals surface area (Å²) in [6.07, 6.45) is 0. The maximum Gasteiger partial charge on any atom is 0.336 e. The van der Waals surface area contributed by atoms with Crippen molar-refractivity contribution in [1.82, 2.24) is 0 Å². The van der Waals surface area contributed by atoms with E-state index in [0.717, 1.165) is 12.1 Å². The Labute approximate surface area is 89.6 Å². The van der Waals surface area contributed by atoms with Gasteiger partial charge in [0, 0.05) is 0 Å². The first-order chi connectivity index (χ1) is 7.51. The van der Waals surface area contributed by atoms with Gasteiger partial charge in [0.1, 0.15) is 12.1 Å². The number of nitriles is 2.